The van der Waals surface area contributed by atoms with Crippen LogP contribution in [-0.4, -0.2) is 35.0 Å². The molecule has 1 saturated carbocycles. The molecule has 0 unspecified atom stereocenters. The topological polar surface area (TPSA) is 42.4 Å². The summed E-state index contributed by atoms with van der Waals surface area (Å²) in [5, 5.41) is 0. The minimum Gasteiger partial charge on any atom is -0.490 e. The van der Waals surface area contributed by atoms with Gasteiger partial charge in [0.15, 0.2) is 0 Å². The summed E-state index contributed by atoms with van der Waals surface area (Å²) in [6.45, 7) is 3.55. The number of hydrogen-bond acceptors (Lipinski definition) is 3. The first-order valence-corrected chi connectivity index (χ1v) is 7.99. The maximum atomic E-state index is 11.4. The van der Waals surface area contributed by atoms with Crippen molar-refractivity contribution in [3.05, 3.63) is 24.5 Å². The van der Waals surface area contributed by atoms with Crippen molar-refractivity contribution in [1.29, 1.82) is 0 Å². The normalized spacial score (nSPS) is 22.2. The van der Waals surface area contributed by atoms with E-state index in [1.54, 1.807) is 19.3 Å². The molecule has 1 aliphatic heterocycles. The van der Waals surface area contributed by atoms with Crippen molar-refractivity contribution >= 4 is 5.91 Å². The molecule has 1 saturated heterocycles. The van der Waals surface area contributed by atoms with E-state index in [1.165, 1.54) is 12.8 Å². The minimum atomic E-state index is 0.222. The molecule has 2 fully saturated rings. The van der Waals surface area contributed by atoms with Gasteiger partial charge in [-0.1, -0.05) is 0 Å². The molecule has 21 heavy (non-hydrogen) atoms. The highest BCUT2D eigenvalue weighted by molar-refractivity contribution is 5.73. The Hall–Kier alpha value is -1.58. The quantitative estimate of drug-likeness (QED) is 0.840. The summed E-state index contributed by atoms with van der Waals surface area (Å²) in [6.07, 6.45) is 10.9. The lowest BCUT2D eigenvalue weighted by atomic mass is 9.67. The second-order valence-corrected chi connectivity index (χ2v) is 6.51. The van der Waals surface area contributed by atoms with E-state index >= 15 is 0 Å². The number of carbonyl (C=O) groups excluding carboxylic acids is 1. The van der Waals surface area contributed by atoms with Crippen LogP contribution >= 0.6 is 0 Å². The van der Waals surface area contributed by atoms with Gasteiger partial charge >= 0.3 is 0 Å². The van der Waals surface area contributed by atoms with Gasteiger partial charge in [-0.3, -0.25) is 9.78 Å². The fourth-order valence-electron chi connectivity index (χ4n) is 3.73. The Kier molecular flexibility index (Phi) is 4.13. The standard InChI is InChI=1S/C17H24N2O2/c1-14(20)19-12-8-17(9-13-19)6-2-15(3-7-17)21-16-4-10-18-11-5-16/h4-5,10-11,15H,2-3,6-9,12-13H2,1H3. The molecule has 1 amide bonds. The van der Waals surface area contributed by atoms with Crippen LogP contribution in [0, 0.1) is 5.41 Å². The number of carbonyl (C=O) groups is 1. The molecule has 0 atom stereocenters. The van der Waals surface area contributed by atoms with Gasteiger partial charge in [-0.05, 0) is 56.1 Å². The monoisotopic (exact) mass is 288 g/mol. The van der Waals surface area contributed by atoms with E-state index < -0.39 is 0 Å². The van der Waals surface area contributed by atoms with Gasteiger partial charge in [-0.15, -0.1) is 0 Å². The molecule has 4 nitrogen and oxygen atoms in total. The van der Waals surface area contributed by atoms with Crippen molar-refractivity contribution in [2.24, 2.45) is 5.41 Å². The molecule has 0 aromatic carbocycles. The van der Waals surface area contributed by atoms with Crippen LogP contribution < -0.4 is 4.74 Å². The number of pyridine rings is 1. The Morgan fingerprint density at radius 1 is 1.19 bits per heavy atom. The van der Waals surface area contributed by atoms with Gasteiger partial charge < -0.3 is 9.64 Å². The summed E-state index contributed by atoms with van der Waals surface area (Å²) in [5.41, 5.74) is 0.462. The number of hydrogen-bond donors (Lipinski definition) is 0. The molecule has 1 spiro atoms. The Labute approximate surface area is 126 Å². The third-order valence-electron chi connectivity index (χ3n) is 5.22. The van der Waals surface area contributed by atoms with Crippen LogP contribution in [0.25, 0.3) is 0 Å². The second kappa shape index (κ2) is 6.04. The van der Waals surface area contributed by atoms with Gasteiger partial charge in [0.2, 0.25) is 5.91 Å². The van der Waals surface area contributed by atoms with Gasteiger partial charge in [0.1, 0.15) is 5.75 Å². The summed E-state index contributed by atoms with van der Waals surface area (Å²) in [5.74, 6) is 1.15. The highest BCUT2D eigenvalue weighted by atomic mass is 16.5. The second-order valence-electron chi connectivity index (χ2n) is 6.51. The molecule has 114 valence electrons. The zero-order chi connectivity index (χ0) is 14.7. The number of rotatable bonds is 2. The fourth-order valence-corrected chi connectivity index (χ4v) is 3.73. The molecule has 1 aromatic heterocycles. The molecule has 0 N–H and O–H groups in total. The molecule has 1 aromatic rings. The molecule has 0 bridgehead atoms. The van der Waals surface area contributed by atoms with Crippen LogP contribution in [0.5, 0.6) is 5.75 Å². The van der Waals surface area contributed by atoms with E-state index in [4.69, 9.17) is 4.74 Å². The highest BCUT2D eigenvalue weighted by Gasteiger charge is 2.38. The summed E-state index contributed by atoms with van der Waals surface area (Å²) < 4.78 is 6.04. The van der Waals surface area contributed by atoms with Crippen LogP contribution in [0.4, 0.5) is 0 Å². The molecular formula is C17H24N2O2. The summed E-state index contributed by atoms with van der Waals surface area (Å²) in [4.78, 5) is 17.4. The van der Waals surface area contributed by atoms with E-state index in [0.29, 0.717) is 11.5 Å². The highest BCUT2D eigenvalue weighted by Crippen LogP contribution is 2.45. The zero-order valence-corrected chi connectivity index (χ0v) is 12.8. The average Bonchev–Trinajstić information content (AvgIpc) is 2.51. The first kappa shape index (κ1) is 14.4. The van der Waals surface area contributed by atoms with Gasteiger partial charge in [0.25, 0.3) is 0 Å². The van der Waals surface area contributed by atoms with Gasteiger partial charge in [0.05, 0.1) is 6.10 Å². The smallest absolute Gasteiger partial charge is 0.219 e. The van der Waals surface area contributed by atoms with Crippen molar-refractivity contribution < 1.29 is 9.53 Å². The van der Waals surface area contributed by atoms with Gasteiger partial charge in [-0.2, -0.15) is 0 Å². The van der Waals surface area contributed by atoms with E-state index in [1.807, 2.05) is 17.0 Å². The molecule has 1 aliphatic carbocycles. The summed E-state index contributed by atoms with van der Waals surface area (Å²) in [7, 11) is 0. The van der Waals surface area contributed by atoms with Crippen molar-refractivity contribution in [2.75, 3.05) is 13.1 Å². The first-order valence-electron chi connectivity index (χ1n) is 7.99. The van der Waals surface area contributed by atoms with Crippen molar-refractivity contribution in [1.82, 2.24) is 9.88 Å². The maximum Gasteiger partial charge on any atom is 0.219 e. The number of nitrogens with zero attached hydrogens (tertiary/aromatic N) is 2. The van der Waals surface area contributed by atoms with Crippen molar-refractivity contribution in [2.45, 2.75) is 51.6 Å². The number of piperidine rings is 1. The van der Waals surface area contributed by atoms with Crippen molar-refractivity contribution in [3.63, 3.8) is 0 Å². The maximum absolute atomic E-state index is 11.4. The summed E-state index contributed by atoms with van der Waals surface area (Å²) >= 11 is 0. The molecular weight excluding hydrogens is 264 g/mol. The Morgan fingerprint density at radius 3 is 2.38 bits per heavy atom. The third-order valence-corrected chi connectivity index (χ3v) is 5.22. The van der Waals surface area contributed by atoms with Gasteiger partial charge in [0, 0.05) is 32.4 Å². The molecule has 4 heteroatoms. The number of ether oxygens (including phenoxy) is 1. The van der Waals surface area contributed by atoms with Crippen LogP contribution in [0.1, 0.15) is 45.4 Å². The first-order chi connectivity index (χ1) is 10.2. The largest absolute Gasteiger partial charge is 0.490 e. The predicted octanol–water partition coefficient (Wildman–Crippen LogP) is 3.03. The fraction of sp³-hybridized carbons (Fsp3) is 0.647. The van der Waals surface area contributed by atoms with Gasteiger partial charge in [-0.25, -0.2) is 0 Å². The Morgan fingerprint density at radius 2 is 1.81 bits per heavy atom. The van der Waals surface area contributed by atoms with E-state index in [9.17, 15) is 4.79 Å². The number of aromatic nitrogens is 1. The van der Waals surface area contributed by atoms with E-state index in [2.05, 4.69) is 4.98 Å². The Bertz CT molecular complexity index is 471. The minimum absolute atomic E-state index is 0.222. The SMILES string of the molecule is CC(=O)N1CCC2(CCC(Oc3ccncc3)CC2)CC1. The van der Waals surface area contributed by atoms with Crippen LogP contribution in [0.3, 0.4) is 0 Å². The third kappa shape index (κ3) is 3.36. The Balaban J connectivity index is 1.50. The zero-order valence-electron chi connectivity index (χ0n) is 12.8. The average molecular weight is 288 g/mol. The van der Waals surface area contributed by atoms with Crippen LogP contribution in [0.15, 0.2) is 24.5 Å². The molecule has 0 radical (unpaired) electrons. The lowest BCUT2D eigenvalue weighted by Crippen LogP contribution is -2.44. The van der Waals surface area contributed by atoms with Crippen LogP contribution in [0.2, 0.25) is 0 Å². The molecule has 3 rings (SSSR count). The van der Waals surface area contributed by atoms with E-state index in [0.717, 1.165) is 44.5 Å². The van der Waals surface area contributed by atoms with E-state index in [-0.39, 0.29) is 5.91 Å². The lowest BCUT2D eigenvalue weighted by Gasteiger charge is -2.45. The molecule has 2 heterocycles. The van der Waals surface area contributed by atoms with Crippen molar-refractivity contribution in [3.8, 4) is 5.75 Å². The molecule has 2 aliphatic rings. The predicted molar refractivity (Wildman–Crippen MR) is 81.0 cm³/mol. The number of likely N-dealkylation sites (tertiary alicyclic amines) is 1. The lowest BCUT2D eigenvalue weighted by molar-refractivity contribution is -0.131. The number of amides is 1. The van der Waals surface area contributed by atoms with Crippen LogP contribution in [-0.2, 0) is 4.79 Å². The summed E-state index contributed by atoms with van der Waals surface area (Å²) in [6, 6.07) is 3.85.